The fourth-order valence-corrected chi connectivity index (χ4v) is 8.31. The van der Waals surface area contributed by atoms with Crippen molar-refractivity contribution in [1.29, 1.82) is 0 Å². The van der Waals surface area contributed by atoms with E-state index in [0.717, 1.165) is 29.7 Å². The molecule has 7 heteroatoms. The van der Waals surface area contributed by atoms with Crippen LogP contribution in [0.5, 0.6) is 5.75 Å². The third-order valence-electron chi connectivity index (χ3n) is 8.05. The number of carbonyl (C=O) groups is 1. The normalized spacial score (nSPS) is 32.1. The lowest BCUT2D eigenvalue weighted by Crippen LogP contribution is -2.48. The number of nitrogens with zero attached hydrogens (tertiary/aromatic N) is 1. The third kappa shape index (κ3) is 4.04. The molecule has 4 bridgehead atoms. The van der Waals surface area contributed by atoms with Crippen molar-refractivity contribution in [3.8, 4) is 5.75 Å². The molecule has 5 fully saturated rings. The highest BCUT2D eigenvalue weighted by atomic mass is 32.2. The summed E-state index contributed by atoms with van der Waals surface area (Å²) >= 11 is 0. The Labute approximate surface area is 184 Å². The standard InChI is InChI=1S/C24H32FNO4S/c1-2-19-9-20(22(27)14-31(28,29)26-4-3-5-26)21(25)10-23(19)30-15-24-11-16-6-17(12-24)8-18(7-16)13-24/h9-10,16-18H,2-8,11-15H2,1H3. The van der Waals surface area contributed by atoms with Crippen LogP contribution in [0.15, 0.2) is 12.1 Å². The van der Waals surface area contributed by atoms with Gasteiger partial charge in [0, 0.05) is 24.6 Å². The van der Waals surface area contributed by atoms with E-state index < -0.39 is 27.4 Å². The highest BCUT2D eigenvalue weighted by Crippen LogP contribution is 2.60. The lowest BCUT2D eigenvalue weighted by molar-refractivity contribution is -0.0746. The first-order valence-electron chi connectivity index (χ1n) is 11.7. The largest absolute Gasteiger partial charge is 0.493 e. The van der Waals surface area contributed by atoms with E-state index in [9.17, 15) is 17.6 Å². The van der Waals surface area contributed by atoms with Gasteiger partial charge < -0.3 is 4.74 Å². The van der Waals surface area contributed by atoms with Gasteiger partial charge in [0.05, 0.1) is 12.2 Å². The van der Waals surface area contributed by atoms with Crippen LogP contribution in [0.25, 0.3) is 0 Å². The van der Waals surface area contributed by atoms with Crippen LogP contribution in [0.3, 0.4) is 0 Å². The Hall–Kier alpha value is -1.47. The summed E-state index contributed by atoms with van der Waals surface area (Å²) in [7, 11) is -3.67. The van der Waals surface area contributed by atoms with Crippen molar-refractivity contribution >= 4 is 15.8 Å². The van der Waals surface area contributed by atoms with Gasteiger partial charge in [0.1, 0.15) is 17.3 Å². The first kappa shape index (κ1) is 21.4. The fourth-order valence-electron chi connectivity index (χ4n) is 6.82. The summed E-state index contributed by atoms with van der Waals surface area (Å²) in [6, 6.07) is 2.79. The summed E-state index contributed by atoms with van der Waals surface area (Å²) in [6.07, 6.45) is 9.14. The number of ether oxygens (including phenoxy) is 1. The Kier molecular flexibility index (Phi) is 5.40. The summed E-state index contributed by atoms with van der Waals surface area (Å²) in [5, 5.41) is 0. The average Bonchev–Trinajstić information content (AvgIpc) is 2.63. The molecule has 170 valence electrons. The SMILES string of the molecule is CCc1cc(C(=O)CS(=O)(=O)N2CCC2)c(F)cc1OCC12CC3CC(CC(C3)C1)C2. The van der Waals surface area contributed by atoms with E-state index in [4.69, 9.17) is 4.74 Å². The van der Waals surface area contributed by atoms with Crippen molar-refractivity contribution in [2.45, 2.75) is 58.3 Å². The van der Waals surface area contributed by atoms with Crippen LogP contribution in [-0.4, -0.2) is 44.0 Å². The van der Waals surface area contributed by atoms with Gasteiger partial charge in [-0.3, -0.25) is 4.79 Å². The molecule has 0 N–H and O–H groups in total. The number of hydrogen-bond donors (Lipinski definition) is 0. The van der Waals surface area contributed by atoms with Crippen LogP contribution in [0, 0.1) is 29.0 Å². The Morgan fingerprint density at radius 1 is 1.13 bits per heavy atom. The first-order valence-corrected chi connectivity index (χ1v) is 13.3. The zero-order valence-corrected chi connectivity index (χ0v) is 19.1. The smallest absolute Gasteiger partial charge is 0.221 e. The molecule has 1 heterocycles. The molecule has 1 saturated heterocycles. The number of Topliss-reactive ketones (excluding diaryl/α,β-unsaturated/α-hetero) is 1. The topological polar surface area (TPSA) is 63.7 Å². The Bertz CT molecular complexity index is 950. The minimum absolute atomic E-state index is 0.150. The number of sulfonamides is 1. The van der Waals surface area contributed by atoms with Crippen molar-refractivity contribution in [3.05, 3.63) is 29.1 Å². The van der Waals surface area contributed by atoms with Crippen molar-refractivity contribution < 1.29 is 22.3 Å². The van der Waals surface area contributed by atoms with Crippen LogP contribution >= 0.6 is 0 Å². The predicted molar refractivity (Wildman–Crippen MR) is 116 cm³/mol. The monoisotopic (exact) mass is 449 g/mol. The molecule has 0 spiro atoms. The molecule has 0 aromatic heterocycles. The molecule has 5 aliphatic rings. The molecule has 4 aliphatic carbocycles. The number of ketones is 1. The fraction of sp³-hybridized carbons (Fsp3) is 0.708. The van der Waals surface area contributed by atoms with E-state index in [1.807, 2.05) is 6.92 Å². The number of halogens is 1. The molecule has 5 nitrogen and oxygen atoms in total. The van der Waals surface area contributed by atoms with E-state index in [2.05, 4.69) is 0 Å². The van der Waals surface area contributed by atoms with Crippen LogP contribution < -0.4 is 4.74 Å². The Morgan fingerprint density at radius 3 is 2.26 bits per heavy atom. The number of hydrogen-bond acceptors (Lipinski definition) is 4. The van der Waals surface area contributed by atoms with Crippen LogP contribution in [-0.2, 0) is 16.4 Å². The maximum Gasteiger partial charge on any atom is 0.221 e. The van der Waals surface area contributed by atoms with Crippen molar-refractivity contribution in [2.24, 2.45) is 23.2 Å². The summed E-state index contributed by atoms with van der Waals surface area (Å²) in [4.78, 5) is 12.6. The zero-order chi connectivity index (χ0) is 21.8. The molecular formula is C24H32FNO4S. The second-order valence-electron chi connectivity index (χ2n) is 10.4. The van der Waals surface area contributed by atoms with Gasteiger partial charge in [-0.2, -0.15) is 0 Å². The number of benzene rings is 1. The quantitative estimate of drug-likeness (QED) is 0.558. The molecule has 1 aliphatic heterocycles. The van der Waals surface area contributed by atoms with E-state index in [0.29, 0.717) is 31.9 Å². The predicted octanol–water partition coefficient (Wildman–Crippen LogP) is 4.20. The molecule has 0 unspecified atom stereocenters. The molecule has 0 amide bonds. The van der Waals surface area contributed by atoms with Gasteiger partial charge in [0.25, 0.3) is 0 Å². The second kappa shape index (κ2) is 7.84. The van der Waals surface area contributed by atoms with Gasteiger partial charge in [-0.1, -0.05) is 6.92 Å². The molecule has 0 atom stereocenters. The summed E-state index contributed by atoms with van der Waals surface area (Å²) in [6.45, 7) is 3.43. The maximum absolute atomic E-state index is 14.9. The number of aryl methyl sites for hydroxylation is 1. The number of carbonyl (C=O) groups excluding carboxylic acids is 1. The Balaban J connectivity index is 1.31. The lowest BCUT2D eigenvalue weighted by atomic mass is 9.50. The molecule has 1 aromatic carbocycles. The average molecular weight is 450 g/mol. The summed E-state index contributed by atoms with van der Waals surface area (Å²) < 4.78 is 47.0. The molecule has 31 heavy (non-hydrogen) atoms. The van der Waals surface area contributed by atoms with Gasteiger partial charge >= 0.3 is 0 Å². The van der Waals surface area contributed by atoms with Crippen molar-refractivity contribution in [2.75, 3.05) is 25.4 Å². The molecule has 6 rings (SSSR count). The van der Waals surface area contributed by atoms with Gasteiger partial charge in [-0.25, -0.2) is 17.1 Å². The van der Waals surface area contributed by atoms with Gasteiger partial charge in [0.15, 0.2) is 5.78 Å². The van der Waals surface area contributed by atoms with E-state index in [1.54, 1.807) is 0 Å². The van der Waals surface area contributed by atoms with Gasteiger partial charge in [0.2, 0.25) is 10.0 Å². The number of rotatable bonds is 8. The van der Waals surface area contributed by atoms with E-state index >= 15 is 0 Å². The molecule has 4 saturated carbocycles. The highest BCUT2D eigenvalue weighted by molar-refractivity contribution is 7.89. The van der Waals surface area contributed by atoms with Crippen molar-refractivity contribution in [3.63, 3.8) is 0 Å². The van der Waals surface area contributed by atoms with Crippen LogP contribution in [0.2, 0.25) is 0 Å². The Morgan fingerprint density at radius 2 is 1.74 bits per heavy atom. The van der Waals surface area contributed by atoms with Gasteiger partial charge in [-0.05, 0) is 80.8 Å². The summed E-state index contributed by atoms with van der Waals surface area (Å²) in [5.41, 5.74) is 0.828. The van der Waals surface area contributed by atoms with Crippen LogP contribution in [0.1, 0.15) is 67.8 Å². The van der Waals surface area contributed by atoms with Crippen LogP contribution in [0.4, 0.5) is 4.39 Å². The highest BCUT2D eigenvalue weighted by Gasteiger charge is 2.51. The van der Waals surface area contributed by atoms with Crippen molar-refractivity contribution in [1.82, 2.24) is 4.31 Å². The minimum atomic E-state index is -3.67. The van der Waals surface area contributed by atoms with E-state index in [-0.39, 0.29) is 11.0 Å². The van der Waals surface area contributed by atoms with E-state index in [1.165, 1.54) is 55.0 Å². The second-order valence-corrected chi connectivity index (χ2v) is 12.4. The molecular weight excluding hydrogens is 417 g/mol. The minimum Gasteiger partial charge on any atom is -0.493 e. The lowest BCUT2D eigenvalue weighted by Gasteiger charge is -2.56. The van der Waals surface area contributed by atoms with Gasteiger partial charge in [-0.15, -0.1) is 0 Å². The zero-order valence-electron chi connectivity index (χ0n) is 18.2. The molecule has 1 aromatic rings. The maximum atomic E-state index is 14.9. The third-order valence-corrected chi connectivity index (χ3v) is 9.83. The summed E-state index contributed by atoms with van der Waals surface area (Å²) in [5.74, 6) is 0.911. The first-order chi connectivity index (χ1) is 14.8. The molecule has 0 radical (unpaired) electrons.